The van der Waals surface area contributed by atoms with Gasteiger partial charge >= 0.3 is 6.18 Å². The Morgan fingerprint density at radius 2 is 2.00 bits per heavy atom. The molecule has 12 heteroatoms. The van der Waals surface area contributed by atoms with Crippen LogP contribution in [0.1, 0.15) is 22.8 Å². The van der Waals surface area contributed by atoms with E-state index in [4.69, 9.17) is 4.74 Å². The second kappa shape index (κ2) is 8.44. The largest absolute Gasteiger partial charge is 0.487 e. The Hall–Kier alpha value is -3.70. The number of carbonyl (C=O) groups excluding carboxylic acids is 1. The fourth-order valence-corrected chi connectivity index (χ4v) is 3.34. The van der Waals surface area contributed by atoms with Crippen molar-refractivity contribution in [3.63, 3.8) is 0 Å². The van der Waals surface area contributed by atoms with Gasteiger partial charge in [0, 0.05) is 12.6 Å². The lowest BCUT2D eigenvalue weighted by molar-refractivity contribution is -0.137. The number of halogens is 4. The van der Waals surface area contributed by atoms with Gasteiger partial charge in [-0.1, -0.05) is 0 Å². The number of hydrogen-bond acceptors (Lipinski definition) is 6. The van der Waals surface area contributed by atoms with Crippen molar-refractivity contribution in [1.29, 1.82) is 0 Å². The normalized spacial score (nSPS) is 14.2. The van der Waals surface area contributed by atoms with Gasteiger partial charge in [0.05, 0.1) is 42.9 Å². The zero-order chi connectivity index (χ0) is 22.9. The van der Waals surface area contributed by atoms with E-state index < -0.39 is 29.6 Å². The molecule has 0 bridgehead atoms. The van der Waals surface area contributed by atoms with Crippen molar-refractivity contribution in [2.24, 2.45) is 0 Å². The summed E-state index contributed by atoms with van der Waals surface area (Å²) in [4.78, 5) is 14.6. The van der Waals surface area contributed by atoms with Crippen LogP contribution in [0, 0.1) is 5.82 Å². The molecule has 0 atom stereocenters. The number of amides is 1. The molecule has 0 aliphatic carbocycles. The molecule has 1 aliphatic heterocycles. The molecule has 32 heavy (non-hydrogen) atoms. The minimum absolute atomic E-state index is 0.200. The van der Waals surface area contributed by atoms with Crippen LogP contribution in [0.25, 0.3) is 0 Å². The lowest BCUT2D eigenvalue weighted by Crippen LogP contribution is -2.55. The maximum absolute atomic E-state index is 13.6. The lowest BCUT2D eigenvalue weighted by Gasteiger charge is -2.40. The number of rotatable bonds is 6. The molecule has 0 spiro atoms. The third-order valence-corrected chi connectivity index (χ3v) is 4.85. The van der Waals surface area contributed by atoms with E-state index in [9.17, 15) is 22.4 Å². The highest BCUT2D eigenvalue weighted by Crippen LogP contribution is 2.34. The molecule has 1 N–H and O–H groups in total. The summed E-state index contributed by atoms with van der Waals surface area (Å²) < 4.78 is 59.5. The highest BCUT2D eigenvalue weighted by atomic mass is 19.4. The van der Waals surface area contributed by atoms with Gasteiger partial charge in [0.25, 0.3) is 5.91 Å². The van der Waals surface area contributed by atoms with E-state index in [1.165, 1.54) is 18.6 Å². The summed E-state index contributed by atoms with van der Waals surface area (Å²) in [5.74, 6) is -1.06. The lowest BCUT2D eigenvalue weighted by atomic mass is 10.1. The number of nitrogens with one attached hydrogen (secondary N) is 1. The van der Waals surface area contributed by atoms with E-state index in [1.54, 1.807) is 10.7 Å². The molecule has 168 valence electrons. The Kier molecular flexibility index (Phi) is 5.68. The number of aromatic nitrogens is 4. The number of alkyl halides is 3. The van der Waals surface area contributed by atoms with Crippen molar-refractivity contribution in [1.82, 2.24) is 20.0 Å². The summed E-state index contributed by atoms with van der Waals surface area (Å²) >= 11 is 0. The highest BCUT2D eigenvalue weighted by Gasteiger charge is 2.35. The molecule has 2 aromatic heterocycles. The summed E-state index contributed by atoms with van der Waals surface area (Å²) in [7, 11) is 0. The number of anilines is 2. The molecule has 0 saturated carbocycles. The second-order valence-corrected chi connectivity index (χ2v) is 7.10. The van der Waals surface area contributed by atoms with Crippen LogP contribution in [-0.4, -0.2) is 45.1 Å². The molecular weight excluding hydrogens is 432 g/mol. The molecule has 1 saturated heterocycles. The average molecular weight is 450 g/mol. The van der Waals surface area contributed by atoms with Crippen molar-refractivity contribution in [2.45, 2.75) is 25.7 Å². The fourth-order valence-electron chi connectivity index (χ4n) is 3.34. The van der Waals surface area contributed by atoms with Crippen molar-refractivity contribution < 1.29 is 27.1 Å². The third kappa shape index (κ3) is 4.48. The SMILES string of the molecule is CCn1ncc(C(=O)Nc2ccnnc2)c1N1CC(Oc2cc(F)cc(C(F)(F)F)c2)C1. The molecule has 3 aromatic rings. The predicted octanol–water partition coefficient (Wildman–Crippen LogP) is 3.37. The molecule has 3 heterocycles. The van der Waals surface area contributed by atoms with Gasteiger partial charge in [-0.3, -0.25) is 4.79 Å². The molecule has 0 unspecified atom stereocenters. The first-order chi connectivity index (χ1) is 15.2. The van der Waals surface area contributed by atoms with E-state index in [-0.39, 0.29) is 5.75 Å². The monoisotopic (exact) mass is 450 g/mol. The van der Waals surface area contributed by atoms with Crippen molar-refractivity contribution >= 4 is 17.4 Å². The third-order valence-electron chi connectivity index (χ3n) is 4.85. The topological polar surface area (TPSA) is 85.2 Å². The van der Waals surface area contributed by atoms with Gasteiger partial charge in [0.1, 0.15) is 29.1 Å². The van der Waals surface area contributed by atoms with Gasteiger partial charge in [-0.2, -0.15) is 28.5 Å². The number of nitrogens with zero attached hydrogens (tertiary/aromatic N) is 5. The summed E-state index contributed by atoms with van der Waals surface area (Å²) in [6.07, 6.45) is -0.854. The Morgan fingerprint density at radius 3 is 2.66 bits per heavy atom. The van der Waals surface area contributed by atoms with E-state index in [1.807, 2.05) is 11.8 Å². The maximum Gasteiger partial charge on any atom is 0.416 e. The Balaban J connectivity index is 1.46. The van der Waals surface area contributed by atoms with Crippen LogP contribution in [0.4, 0.5) is 29.1 Å². The molecule has 1 amide bonds. The van der Waals surface area contributed by atoms with Gasteiger partial charge < -0.3 is 15.0 Å². The number of hydrogen-bond donors (Lipinski definition) is 1. The van der Waals surface area contributed by atoms with E-state index in [2.05, 4.69) is 20.6 Å². The summed E-state index contributed by atoms with van der Waals surface area (Å²) in [6.45, 7) is 2.95. The summed E-state index contributed by atoms with van der Waals surface area (Å²) in [6, 6.07) is 3.69. The standard InChI is InChI=1S/C20H18F4N6O2/c1-2-30-19(17(9-27-30)18(31)28-14-3-4-25-26-8-14)29-10-16(11-29)32-15-6-12(20(22,23)24)5-13(21)7-15/h3-9,16H,2,10-11H2,1H3,(H,25,28,31). The summed E-state index contributed by atoms with van der Waals surface area (Å²) in [5.41, 5.74) is -0.318. The van der Waals surface area contributed by atoms with Gasteiger partial charge in [-0.15, -0.1) is 0 Å². The first-order valence-electron chi connectivity index (χ1n) is 9.68. The quantitative estimate of drug-likeness (QED) is 0.580. The van der Waals surface area contributed by atoms with Crippen LogP contribution in [-0.2, 0) is 12.7 Å². The van der Waals surface area contributed by atoms with Gasteiger partial charge in [-0.25, -0.2) is 9.07 Å². The van der Waals surface area contributed by atoms with Crippen LogP contribution in [0.3, 0.4) is 0 Å². The molecule has 1 fully saturated rings. The first-order valence-corrected chi connectivity index (χ1v) is 9.68. The fraction of sp³-hybridized carbons (Fsp3) is 0.300. The minimum atomic E-state index is -4.67. The van der Waals surface area contributed by atoms with Gasteiger partial charge in [-0.05, 0) is 25.1 Å². The van der Waals surface area contributed by atoms with E-state index >= 15 is 0 Å². The number of aryl methyl sites for hydroxylation is 1. The Bertz CT molecular complexity index is 1110. The zero-order valence-corrected chi connectivity index (χ0v) is 16.8. The molecular formula is C20H18F4N6O2. The second-order valence-electron chi connectivity index (χ2n) is 7.10. The van der Waals surface area contributed by atoms with E-state index in [0.717, 1.165) is 12.1 Å². The first kappa shape index (κ1) is 21.5. The van der Waals surface area contributed by atoms with Crippen molar-refractivity contribution in [3.05, 3.63) is 59.8 Å². The van der Waals surface area contributed by atoms with Crippen LogP contribution in [0.15, 0.2) is 42.9 Å². The zero-order valence-electron chi connectivity index (χ0n) is 16.8. The molecule has 0 radical (unpaired) electrons. The maximum atomic E-state index is 13.6. The molecule has 8 nitrogen and oxygen atoms in total. The Morgan fingerprint density at radius 1 is 1.22 bits per heavy atom. The average Bonchev–Trinajstić information content (AvgIpc) is 3.13. The number of ether oxygens (including phenoxy) is 1. The summed E-state index contributed by atoms with van der Waals surface area (Å²) in [5, 5.41) is 14.3. The van der Waals surface area contributed by atoms with Crippen LogP contribution < -0.4 is 15.0 Å². The van der Waals surface area contributed by atoms with Crippen molar-refractivity contribution in [2.75, 3.05) is 23.3 Å². The Labute approximate surface area is 179 Å². The van der Waals surface area contributed by atoms with Crippen molar-refractivity contribution in [3.8, 4) is 5.75 Å². The molecule has 1 aliphatic rings. The number of benzene rings is 1. The molecule has 4 rings (SSSR count). The highest BCUT2D eigenvalue weighted by molar-refractivity contribution is 6.07. The minimum Gasteiger partial charge on any atom is -0.487 e. The predicted molar refractivity (Wildman–Crippen MR) is 106 cm³/mol. The molecule has 1 aromatic carbocycles. The van der Waals surface area contributed by atoms with E-state index in [0.29, 0.717) is 42.8 Å². The van der Waals surface area contributed by atoms with Crippen LogP contribution >= 0.6 is 0 Å². The van der Waals surface area contributed by atoms with Gasteiger partial charge in [0.15, 0.2) is 0 Å². The number of carbonyl (C=O) groups is 1. The van der Waals surface area contributed by atoms with Gasteiger partial charge in [0.2, 0.25) is 0 Å². The smallest absolute Gasteiger partial charge is 0.416 e. The van der Waals surface area contributed by atoms with Crippen LogP contribution in [0.5, 0.6) is 5.75 Å². The van der Waals surface area contributed by atoms with Crippen LogP contribution in [0.2, 0.25) is 0 Å².